The molecule has 0 aliphatic carbocycles. The molecule has 0 amide bonds. The molecule has 1 aromatic heterocycles. The maximum absolute atomic E-state index is 9.42. The van der Waals surface area contributed by atoms with Crippen molar-refractivity contribution < 1.29 is 9.84 Å². The second kappa shape index (κ2) is 4.20. The molecule has 1 N–H and O–H groups in total. The molecule has 2 heterocycles. The zero-order valence-electron chi connectivity index (χ0n) is 9.19. The Morgan fingerprint density at radius 1 is 1.60 bits per heavy atom. The topological polar surface area (TPSA) is 42.4 Å². The number of aromatic nitrogens is 1. The molecule has 1 aliphatic rings. The molecular formula is C11H17NO2S. The van der Waals surface area contributed by atoms with Crippen LogP contribution >= 0.6 is 11.3 Å². The van der Waals surface area contributed by atoms with Crippen molar-refractivity contribution in [2.24, 2.45) is 0 Å². The highest BCUT2D eigenvalue weighted by atomic mass is 32.1. The molecule has 0 spiro atoms. The molecule has 0 radical (unpaired) electrons. The van der Waals surface area contributed by atoms with E-state index < -0.39 is 6.10 Å². The molecule has 2 unspecified atom stereocenters. The van der Waals surface area contributed by atoms with Gasteiger partial charge in [0.25, 0.3) is 0 Å². The lowest BCUT2D eigenvalue weighted by molar-refractivity contribution is -0.0703. The van der Waals surface area contributed by atoms with E-state index in [2.05, 4.69) is 11.9 Å². The number of hydrogen-bond donors (Lipinski definition) is 1. The molecule has 3 nitrogen and oxygen atoms in total. The molecule has 15 heavy (non-hydrogen) atoms. The summed E-state index contributed by atoms with van der Waals surface area (Å²) in [6, 6.07) is 0. The SMILES string of the molecule is CC(O)c1csc(C2(C)CCCCO2)n1. The third-order valence-electron chi connectivity index (χ3n) is 2.87. The second-order valence-electron chi connectivity index (χ2n) is 4.29. The first-order chi connectivity index (χ1) is 7.12. The van der Waals surface area contributed by atoms with Gasteiger partial charge in [0.15, 0.2) is 0 Å². The van der Waals surface area contributed by atoms with Crippen LogP contribution in [0.25, 0.3) is 0 Å². The quantitative estimate of drug-likeness (QED) is 0.844. The van der Waals surface area contributed by atoms with Crippen molar-refractivity contribution in [3.05, 3.63) is 16.1 Å². The Hall–Kier alpha value is -0.450. The normalized spacial score (nSPS) is 29.0. The Kier molecular flexibility index (Phi) is 3.09. The summed E-state index contributed by atoms with van der Waals surface area (Å²) < 4.78 is 5.81. The van der Waals surface area contributed by atoms with E-state index in [0.29, 0.717) is 0 Å². The third kappa shape index (κ3) is 2.22. The molecule has 1 fully saturated rings. The first-order valence-electron chi connectivity index (χ1n) is 5.40. The number of ether oxygens (including phenoxy) is 1. The average Bonchev–Trinajstić information content (AvgIpc) is 2.68. The smallest absolute Gasteiger partial charge is 0.125 e. The standard InChI is InChI=1S/C11H17NO2S/c1-8(13)9-7-15-10(12-9)11(2)5-3-4-6-14-11/h7-8,13H,3-6H2,1-2H3. The maximum Gasteiger partial charge on any atom is 0.125 e. The lowest BCUT2D eigenvalue weighted by atomic mass is 9.97. The van der Waals surface area contributed by atoms with Crippen LogP contribution in [0.15, 0.2) is 5.38 Å². The number of hydrogen-bond acceptors (Lipinski definition) is 4. The lowest BCUT2D eigenvalue weighted by Gasteiger charge is -2.31. The van der Waals surface area contributed by atoms with Gasteiger partial charge in [0.05, 0.1) is 11.8 Å². The van der Waals surface area contributed by atoms with Gasteiger partial charge in [-0.05, 0) is 33.1 Å². The van der Waals surface area contributed by atoms with Crippen LogP contribution in [0.5, 0.6) is 0 Å². The van der Waals surface area contributed by atoms with Gasteiger partial charge in [0.2, 0.25) is 0 Å². The molecule has 2 atom stereocenters. The number of rotatable bonds is 2. The van der Waals surface area contributed by atoms with E-state index >= 15 is 0 Å². The highest BCUT2D eigenvalue weighted by Crippen LogP contribution is 2.36. The zero-order valence-corrected chi connectivity index (χ0v) is 10.0. The minimum Gasteiger partial charge on any atom is -0.387 e. The third-order valence-corrected chi connectivity index (χ3v) is 3.98. The summed E-state index contributed by atoms with van der Waals surface area (Å²) in [6.07, 6.45) is 2.88. The maximum atomic E-state index is 9.42. The van der Waals surface area contributed by atoms with E-state index in [4.69, 9.17) is 4.74 Å². The minimum atomic E-state index is -0.484. The Morgan fingerprint density at radius 2 is 2.40 bits per heavy atom. The first kappa shape index (κ1) is 11.0. The Balaban J connectivity index is 2.20. The van der Waals surface area contributed by atoms with Gasteiger partial charge in [-0.25, -0.2) is 4.98 Å². The number of thiazole rings is 1. The predicted molar refractivity (Wildman–Crippen MR) is 59.9 cm³/mol. The molecule has 1 aromatic rings. The van der Waals surface area contributed by atoms with Gasteiger partial charge in [0, 0.05) is 12.0 Å². The monoisotopic (exact) mass is 227 g/mol. The average molecular weight is 227 g/mol. The van der Waals surface area contributed by atoms with Crippen molar-refractivity contribution >= 4 is 11.3 Å². The summed E-state index contributed by atoms with van der Waals surface area (Å²) >= 11 is 1.59. The molecule has 0 bridgehead atoms. The first-order valence-corrected chi connectivity index (χ1v) is 6.28. The van der Waals surface area contributed by atoms with Crippen molar-refractivity contribution in [1.82, 2.24) is 4.98 Å². The van der Waals surface area contributed by atoms with Gasteiger partial charge in [0.1, 0.15) is 10.6 Å². The summed E-state index contributed by atoms with van der Waals surface area (Å²) in [6.45, 7) is 4.65. The van der Waals surface area contributed by atoms with E-state index in [1.165, 1.54) is 6.42 Å². The van der Waals surface area contributed by atoms with Gasteiger partial charge in [-0.2, -0.15) is 0 Å². The molecule has 2 rings (SSSR count). The largest absolute Gasteiger partial charge is 0.387 e. The highest BCUT2D eigenvalue weighted by Gasteiger charge is 2.33. The Morgan fingerprint density at radius 3 is 2.93 bits per heavy atom. The second-order valence-corrected chi connectivity index (χ2v) is 5.15. The summed E-state index contributed by atoms with van der Waals surface area (Å²) in [5.74, 6) is 0. The van der Waals surface area contributed by atoms with Gasteiger partial charge in [-0.15, -0.1) is 11.3 Å². The lowest BCUT2D eigenvalue weighted by Crippen LogP contribution is -2.30. The van der Waals surface area contributed by atoms with Crippen LogP contribution in [0.4, 0.5) is 0 Å². The van der Waals surface area contributed by atoms with E-state index in [0.717, 1.165) is 30.2 Å². The van der Waals surface area contributed by atoms with E-state index in [9.17, 15) is 5.11 Å². The highest BCUT2D eigenvalue weighted by molar-refractivity contribution is 7.09. The fraction of sp³-hybridized carbons (Fsp3) is 0.727. The Labute approximate surface area is 94.1 Å². The van der Waals surface area contributed by atoms with Crippen LogP contribution in [0.2, 0.25) is 0 Å². The fourth-order valence-electron chi connectivity index (χ4n) is 1.82. The Bertz CT molecular complexity index is 329. The fourth-order valence-corrected chi connectivity index (χ4v) is 2.87. The van der Waals surface area contributed by atoms with Crippen LogP contribution in [0, 0.1) is 0 Å². The van der Waals surface area contributed by atoms with Crippen LogP contribution in [-0.4, -0.2) is 16.7 Å². The van der Waals surface area contributed by atoms with E-state index in [-0.39, 0.29) is 5.60 Å². The summed E-state index contributed by atoms with van der Waals surface area (Å²) in [5.41, 5.74) is 0.529. The van der Waals surface area contributed by atoms with Crippen LogP contribution in [-0.2, 0) is 10.3 Å². The van der Waals surface area contributed by atoms with E-state index in [1.54, 1.807) is 18.3 Å². The molecule has 84 valence electrons. The summed E-state index contributed by atoms with van der Waals surface area (Å²) in [7, 11) is 0. The van der Waals surface area contributed by atoms with Crippen molar-refractivity contribution in [2.75, 3.05) is 6.61 Å². The van der Waals surface area contributed by atoms with Gasteiger partial charge < -0.3 is 9.84 Å². The van der Waals surface area contributed by atoms with Gasteiger partial charge in [-0.3, -0.25) is 0 Å². The van der Waals surface area contributed by atoms with E-state index in [1.807, 2.05) is 5.38 Å². The van der Waals surface area contributed by atoms with Gasteiger partial charge in [-0.1, -0.05) is 0 Å². The summed E-state index contributed by atoms with van der Waals surface area (Å²) in [4.78, 5) is 4.45. The zero-order chi connectivity index (χ0) is 10.9. The minimum absolute atomic E-state index is 0.226. The van der Waals surface area contributed by atoms with Gasteiger partial charge >= 0.3 is 0 Å². The van der Waals surface area contributed by atoms with Crippen LogP contribution in [0.3, 0.4) is 0 Å². The van der Waals surface area contributed by atoms with Crippen molar-refractivity contribution in [1.29, 1.82) is 0 Å². The molecule has 1 saturated heterocycles. The van der Waals surface area contributed by atoms with Crippen molar-refractivity contribution in [2.45, 2.75) is 44.8 Å². The van der Waals surface area contributed by atoms with Crippen molar-refractivity contribution in [3.63, 3.8) is 0 Å². The van der Waals surface area contributed by atoms with Crippen LogP contribution < -0.4 is 0 Å². The molecule has 4 heteroatoms. The summed E-state index contributed by atoms with van der Waals surface area (Å²) in [5, 5.41) is 12.3. The number of aliphatic hydroxyl groups is 1. The molecular weight excluding hydrogens is 210 g/mol. The molecule has 0 saturated carbocycles. The number of nitrogens with zero attached hydrogens (tertiary/aromatic N) is 1. The predicted octanol–water partition coefficient (Wildman–Crippen LogP) is 2.61. The number of aliphatic hydroxyl groups excluding tert-OH is 1. The molecule has 1 aliphatic heterocycles. The molecule has 0 aromatic carbocycles. The van der Waals surface area contributed by atoms with Crippen LogP contribution in [0.1, 0.15) is 49.9 Å². The van der Waals surface area contributed by atoms with Crippen molar-refractivity contribution in [3.8, 4) is 0 Å².